The zero-order chi connectivity index (χ0) is 18.9. The van der Waals surface area contributed by atoms with Gasteiger partial charge >= 0.3 is 0 Å². The predicted molar refractivity (Wildman–Crippen MR) is 115 cm³/mol. The van der Waals surface area contributed by atoms with E-state index in [-0.39, 0.29) is 24.4 Å². The van der Waals surface area contributed by atoms with Crippen molar-refractivity contribution in [2.45, 2.75) is 19.4 Å². The van der Waals surface area contributed by atoms with E-state index in [1.54, 1.807) is 13.2 Å². The molecule has 0 bridgehead atoms. The highest BCUT2D eigenvalue weighted by Gasteiger charge is 2.13. The highest BCUT2D eigenvalue weighted by atomic mass is 35.5. The summed E-state index contributed by atoms with van der Waals surface area (Å²) in [6, 6.07) is 15.9. The number of carbonyl (C=O) groups is 1. The zero-order valence-electron chi connectivity index (χ0n) is 16.4. The van der Waals surface area contributed by atoms with Crippen LogP contribution in [-0.4, -0.2) is 38.6 Å². The van der Waals surface area contributed by atoms with Crippen molar-refractivity contribution in [3.05, 3.63) is 71.3 Å². The Balaban J connectivity index is 0.00000364. The molecule has 0 aromatic heterocycles. The molecule has 0 heterocycles. The first kappa shape index (κ1) is 22.7. The molecule has 1 amide bonds. The molecule has 0 aliphatic carbocycles. The average molecular weight is 389 g/mol. The normalized spacial score (nSPS) is 11.9. The van der Waals surface area contributed by atoms with Gasteiger partial charge in [-0.1, -0.05) is 42.0 Å². The van der Waals surface area contributed by atoms with Crippen molar-refractivity contribution in [2.24, 2.45) is 0 Å². The van der Waals surface area contributed by atoms with Gasteiger partial charge in [0.05, 0.1) is 13.2 Å². The second-order valence-corrected chi connectivity index (χ2v) is 6.67. The van der Waals surface area contributed by atoms with Gasteiger partial charge in [0, 0.05) is 6.08 Å². The molecule has 5 heteroatoms. The summed E-state index contributed by atoms with van der Waals surface area (Å²) in [5.74, 6) is 0.708. The van der Waals surface area contributed by atoms with Crippen LogP contribution in [0.2, 0.25) is 0 Å². The van der Waals surface area contributed by atoms with Crippen LogP contribution in [-0.2, 0) is 4.79 Å². The third kappa shape index (κ3) is 7.85. The van der Waals surface area contributed by atoms with E-state index in [0.29, 0.717) is 0 Å². The Bertz CT molecular complexity index is 725. The Morgan fingerprint density at radius 3 is 2.30 bits per heavy atom. The van der Waals surface area contributed by atoms with Gasteiger partial charge in [-0.3, -0.25) is 4.79 Å². The van der Waals surface area contributed by atoms with Crippen LogP contribution in [0.4, 0.5) is 0 Å². The minimum atomic E-state index is -0.0925. The number of nitrogens with one attached hydrogen (secondary N) is 1. The standard InChI is InChI=1S/C22H28N2O2.ClH/c1-17-5-10-19(11-6-17)21(15-16-24(2)3)23-22(25)14-9-18-7-12-20(26-4)13-8-18;/h5-14,21H,15-16H2,1-4H3,(H,23,25);1H/b14-9+;. The largest absolute Gasteiger partial charge is 0.497 e. The lowest BCUT2D eigenvalue weighted by atomic mass is 10.0. The number of rotatable bonds is 8. The van der Waals surface area contributed by atoms with Crippen molar-refractivity contribution in [1.29, 1.82) is 0 Å². The van der Waals surface area contributed by atoms with E-state index in [2.05, 4.69) is 41.4 Å². The summed E-state index contributed by atoms with van der Waals surface area (Å²) in [5.41, 5.74) is 3.30. The van der Waals surface area contributed by atoms with Gasteiger partial charge in [0.1, 0.15) is 5.75 Å². The van der Waals surface area contributed by atoms with Crippen LogP contribution in [0.25, 0.3) is 6.08 Å². The fourth-order valence-corrected chi connectivity index (χ4v) is 2.61. The van der Waals surface area contributed by atoms with Gasteiger partial charge in [0.15, 0.2) is 0 Å². The average Bonchev–Trinajstić information content (AvgIpc) is 2.64. The van der Waals surface area contributed by atoms with Crippen LogP contribution < -0.4 is 10.1 Å². The zero-order valence-corrected chi connectivity index (χ0v) is 17.3. The number of halogens is 1. The molecule has 0 fully saturated rings. The number of methoxy groups -OCH3 is 1. The molecule has 27 heavy (non-hydrogen) atoms. The maximum atomic E-state index is 12.4. The second-order valence-electron chi connectivity index (χ2n) is 6.67. The SMILES string of the molecule is COc1ccc(/C=C/C(=O)NC(CCN(C)C)c2ccc(C)cc2)cc1.Cl. The minimum Gasteiger partial charge on any atom is -0.497 e. The molecule has 1 N–H and O–H groups in total. The Morgan fingerprint density at radius 1 is 1.11 bits per heavy atom. The van der Waals surface area contributed by atoms with Gasteiger partial charge in [0.25, 0.3) is 0 Å². The van der Waals surface area contributed by atoms with Crippen molar-refractivity contribution in [2.75, 3.05) is 27.7 Å². The van der Waals surface area contributed by atoms with Crippen LogP contribution in [0.1, 0.15) is 29.2 Å². The van der Waals surface area contributed by atoms with Gasteiger partial charge < -0.3 is 15.0 Å². The quantitative estimate of drug-likeness (QED) is 0.687. The second kappa shape index (κ2) is 11.4. The molecule has 4 nitrogen and oxygen atoms in total. The molecule has 0 saturated heterocycles. The Labute approximate surface area is 168 Å². The molecular weight excluding hydrogens is 360 g/mol. The molecular formula is C22H29ClN2O2. The number of benzene rings is 2. The van der Waals surface area contributed by atoms with Crippen LogP contribution >= 0.6 is 12.4 Å². The van der Waals surface area contributed by atoms with E-state index in [1.807, 2.05) is 44.4 Å². The summed E-state index contributed by atoms with van der Waals surface area (Å²) in [6.07, 6.45) is 4.25. The van der Waals surface area contributed by atoms with Crippen LogP contribution in [0, 0.1) is 6.92 Å². The first-order valence-corrected chi connectivity index (χ1v) is 8.82. The number of hydrogen-bond acceptors (Lipinski definition) is 3. The first-order valence-electron chi connectivity index (χ1n) is 8.82. The molecule has 2 aromatic carbocycles. The minimum absolute atomic E-state index is 0. The molecule has 146 valence electrons. The molecule has 2 aromatic rings. The third-order valence-electron chi connectivity index (χ3n) is 4.20. The number of hydrogen-bond donors (Lipinski definition) is 1. The number of aryl methyl sites for hydroxylation is 1. The highest BCUT2D eigenvalue weighted by molar-refractivity contribution is 5.92. The van der Waals surface area contributed by atoms with E-state index < -0.39 is 0 Å². The van der Waals surface area contributed by atoms with Crippen molar-refractivity contribution in [3.8, 4) is 5.75 Å². The monoisotopic (exact) mass is 388 g/mol. The van der Waals surface area contributed by atoms with Gasteiger partial charge in [-0.2, -0.15) is 0 Å². The predicted octanol–water partition coefficient (Wildman–Crippen LogP) is 4.25. The summed E-state index contributed by atoms with van der Waals surface area (Å²) in [7, 11) is 5.71. The number of carbonyl (C=O) groups excluding carboxylic acids is 1. The number of nitrogens with zero attached hydrogens (tertiary/aromatic N) is 1. The third-order valence-corrected chi connectivity index (χ3v) is 4.20. The van der Waals surface area contributed by atoms with Gasteiger partial charge in [-0.15, -0.1) is 12.4 Å². The molecule has 2 rings (SSSR count). The van der Waals surface area contributed by atoms with Gasteiger partial charge in [-0.25, -0.2) is 0 Å². The molecule has 0 aliphatic heterocycles. The van der Waals surface area contributed by atoms with Crippen molar-refractivity contribution in [3.63, 3.8) is 0 Å². The van der Waals surface area contributed by atoms with Crippen LogP contribution in [0.3, 0.4) is 0 Å². The molecule has 0 radical (unpaired) electrons. The lowest BCUT2D eigenvalue weighted by molar-refractivity contribution is -0.117. The lowest BCUT2D eigenvalue weighted by Crippen LogP contribution is -2.29. The van der Waals surface area contributed by atoms with Gasteiger partial charge in [-0.05, 0) is 63.3 Å². The van der Waals surface area contributed by atoms with E-state index in [9.17, 15) is 4.79 Å². The van der Waals surface area contributed by atoms with Gasteiger partial charge in [0.2, 0.25) is 5.91 Å². The molecule has 1 unspecified atom stereocenters. The molecule has 0 aliphatic rings. The summed E-state index contributed by atoms with van der Waals surface area (Å²) < 4.78 is 5.14. The van der Waals surface area contributed by atoms with Crippen molar-refractivity contribution in [1.82, 2.24) is 10.2 Å². The Kier molecular flexibility index (Phi) is 9.62. The first-order chi connectivity index (χ1) is 12.5. The molecule has 0 saturated carbocycles. The maximum Gasteiger partial charge on any atom is 0.244 e. The van der Waals surface area contributed by atoms with E-state index >= 15 is 0 Å². The van der Waals surface area contributed by atoms with E-state index in [4.69, 9.17) is 4.74 Å². The summed E-state index contributed by atoms with van der Waals surface area (Å²) in [6.45, 7) is 2.97. The number of ether oxygens (including phenoxy) is 1. The number of amides is 1. The van der Waals surface area contributed by atoms with Crippen molar-refractivity contribution >= 4 is 24.4 Å². The summed E-state index contributed by atoms with van der Waals surface area (Å²) in [5, 5.41) is 3.12. The fraction of sp³-hybridized carbons (Fsp3) is 0.318. The molecule has 0 spiro atoms. The maximum absolute atomic E-state index is 12.4. The Hall–Kier alpha value is -2.30. The van der Waals surface area contributed by atoms with E-state index in [1.165, 1.54) is 5.56 Å². The van der Waals surface area contributed by atoms with E-state index in [0.717, 1.165) is 29.8 Å². The molecule has 1 atom stereocenters. The van der Waals surface area contributed by atoms with Crippen molar-refractivity contribution < 1.29 is 9.53 Å². The highest BCUT2D eigenvalue weighted by Crippen LogP contribution is 2.18. The Morgan fingerprint density at radius 2 is 1.74 bits per heavy atom. The van der Waals surface area contributed by atoms with Crippen LogP contribution in [0.5, 0.6) is 5.75 Å². The topological polar surface area (TPSA) is 41.6 Å². The smallest absolute Gasteiger partial charge is 0.244 e. The summed E-state index contributed by atoms with van der Waals surface area (Å²) in [4.78, 5) is 14.5. The summed E-state index contributed by atoms with van der Waals surface area (Å²) >= 11 is 0. The fourth-order valence-electron chi connectivity index (χ4n) is 2.61. The van der Waals surface area contributed by atoms with Crippen LogP contribution in [0.15, 0.2) is 54.6 Å². The lowest BCUT2D eigenvalue weighted by Gasteiger charge is -2.21.